The van der Waals surface area contributed by atoms with E-state index >= 15 is 0 Å². The maximum Gasteiger partial charge on any atom is 0.289 e. The number of carbonyl (C=O) groups is 1. The molecule has 0 aliphatic carbocycles. The van der Waals surface area contributed by atoms with Gasteiger partial charge in [0.1, 0.15) is 12.2 Å². The van der Waals surface area contributed by atoms with Crippen LogP contribution in [-0.4, -0.2) is 40.0 Å². The summed E-state index contributed by atoms with van der Waals surface area (Å²) in [6.45, 7) is 1.01. The molecule has 1 aliphatic rings. The zero-order valence-electron chi connectivity index (χ0n) is 11.1. The lowest BCUT2D eigenvalue weighted by atomic mass is 10.3. The van der Waals surface area contributed by atoms with Crippen molar-refractivity contribution in [3.05, 3.63) is 42.2 Å². The molecule has 1 saturated heterocycles. The van der Waals surface area contributed by atoms with Crippen LogP contribution in [0.4, 0.5) is 0 Å². The maximum atomic E-state index is 12.1. The van der Waals surface area contributed by atoms with Crippen LogP contribution >= 0.6 is 0 Å². The Balaban J connectivity index is 1.65. The van der Waals surface area contributed by atoms with Crippen molar-refractivity contribution in [2.45, 2.75) is 12.5 Å². The molecule has 3 rings (SSSR count). The van der Waals surface area contributed by atoms with Gasteiger partial charge in [-0.1, -0.05) is 0 Å². The lowest BCUT2D eigenvalue weighted by Crippen LogP contribution is -2.30. The van der Waals surface area contributed by atoms with Crippen LogP contribution in [0.2, 0.25) is 0 Å². The van der Waals surface area contributed by atoms with Gasteiger partial charge in [0.15, 0.2) is 5.76 Å². The van der Waals surface area contributed by atoms with Gasteiger partial charge in [-0.05, 0) is 12.1 Å². The Kier molecular flexibility index (Phi) is 3.51. The van der Waals surface area contributed by atoms with Gasteiger partial charge in [-0.15, -0.1) is 0 Å². The average molecular weight is 284 g/mol. The number of carbonyl (C=O) groups excluding carboxylic acids is 1. The van der Waals surface area contributed by atoms with Crippen LogP contribution in [0.5, 0.6) is 5.88 Å². The van der Waals surface area contributed by atoms with Crippen molar-refractivity contribution in [1.82, 2.24) is 14.9 Å². The zero-order chi connectivity index (χ0) is 14.7. The van der Waals surface area contributed by atoms with Gasteiger partial charge < -0.3 is 14.1 Å². The maximum absolute atomic E-state index is 12.1. The summed E-state index contributed by atoms with van der Waals surface area (Å²) in [5.41, 5.74) is 0.147. The highest BCUT2D eigenvalue weighted by molar-refractivity contribution is 5.91. The molecule has 7 nitrogen and oxygen atoms in total. The summed E-state index contributed by atoms with van der Waals surface area (Å²) in [6, 6.07) is 5.24. The Morgan fingerprint density at radius 1 is 1.48 bits per heavy atom. The smallest absolute Gasteiger partial charge is 0.289 e. The first-order valence-corrected chi connectivity index (χ1v) is 6.48. The Hall–Kier alpha value is -2.88. The van der Waals surface area contributed by atoms with Gasteiger partial charge in [-0.25, -0.2) is 9.97 Å². The third-order valence-corrected chi connectivity index (χ3v) is 3.21. The Bertz CT molecular complexity index is 678. The first-order chi connectivity index (χ1) is 10.3. The second kappa shape index (κ2) is 5.63. The molecule has 0 aromatic carbocycles. The third kappa shape index (κ3) is 2.69. The molecule has 0 N–H and O–H groups in total. The summed E-state index contributed by atoms with van der Waals surface area (Å²) in [6.07, 6.45) is 4.85. The van der Waals surface area contributed by atoms with Crippen LogP contribution in [0, 0.1) is 11.3 Å². The molecule has 1 atom stereocenters. The van der Waals surface area contributed by atoms with E-state index in [1.807, 2.05) is 6.07 Å². The van der Waals surface area contributed by atoms with Crippen LogP contribution in [0.25, 0.3) is 0 Å². The topological polar surface area (TPSA) is 92.2 Å². The molecular weight excluding hydrogens is 272 g/mol. The summed E-state index contributed by atoms with van der Waals surface area (Å²) in [4.78, 5) is 21.7. The number of nitrogens with zero attached hydrogens (tertiary/aromatic N) is 4. The van der Waals surface area contributed by atoms with Crippen LogP contribution in [-0.2, 0) is 0 Å². The number of ether oxygens (including phenoxy) is 1. The van der Waals surface area contributed by atoms with Gasteiger partial charge >= 0.3 is 0 Å². The molecule has 1 aliphatic heterocycles. The molecule has 106 valence electrons. The molecule has 1 amide bonds. The molecule has 0 saturated carbocycles. The van der Waals surface area contributed by atoms with Crippen molar-refractivity contribution in [3.8, 4) is 11.9 Å². The normalized spacial score (nSPS) is 17.5. The lowest BCUT2D eigenvalue weighted by Gasteiger charge is -2.15. The van der Waals surface area contributed by atoms with Crippen molar-refractivity contribution in [2.75, 3.05) is 13.1 Å². The van der Waals surface area contributed by atoms with Gasteiger partial charge in [-0.3, -0.25) is 4.79 Å². The van der Waals surface area contributed by atoms with Crippen LogP contribution in [0.3, 0.4) is 0 Å². The molecular formula is C14H12N4O3. The van der Waals surface area contributed by atoms with E-state index in [9.17, 15) is 4.79 Å². The molecule has 3 heterocycles. The van der Waals surface area contributed by atoms with E-state index in [2.05, 4.69) is 9.97 Å². The van der Waals surface area contributed by atoms with E-state index in [0.717, 1.165) is 0 Å². The molecule has 2 aromatic heterocycles. The molecule has 21 heavy (non-hydrogen) atoms. The van der Waals surface area contributed by atoms with E-state index in [1.54, 1.807) is 17.0 Å². The second-order valence-electron chi connectivity index (χ2n) is 4.58. The molecule has 7 heteroatoms. The van der Waals surface area contributed by atoms with Crippen LogP contribution in [0.1, 0.15) is 22.7 Å². The SMILES string of the molecule is N#Cc1nccnc1O[C@@H]1CCN(C(=O)c2ccco2)C1. The molecule has 0 radical (unpaired) electrons. The Morgan fingerprint density at radius 3 is 3.10 bits per heavy atom. The largest absolute Gasteiger partial charge is 0.470 e. The van der Waals surface area contributed by atoms with E-state index in [0.29, 0.717) is 25.3 Å². The molecule has 0 bridgehead atoms. The van der Waals surface area contributed by atoms with E-state index in [1.165, 1.54) is 18.7 Å². The molecule has 0 unspecified atom stereocenters. The Labute approximate surface area is 120 Å². The average Bonchev–Trinajstić information content (AvgIpc) is 3.19. The number of hydrogen-bond acceptors (Lipinski definition) is 6. The van der Waals surface area contributed by atoms with Gasteiger partial charge in [0.25, 0.3) is 11.8 Å². The summed E-state index contributed by atoms with van der Waals surface area (Å²) >= 11 is 0. The molecule has 0 spiro atoms. The number of furan rings is 1. The lowest BCUT2D eigenvalue weighted by molar-refractivity contribution is 0.0739. The fraction of sp³-hybridized carbons (Fsp3) is 0.286. The third-order valence-electron chi connectivity index (χ3n) is 3.21. The van der Waals surface area contributed by atoms with E-state index < -0.39 is 0 Å². The van der Waals surface area contributed by atoms with Crippen LogP contribution < -0.4 is 4.74 Å². The standard InChI is InChI=1S/C14H12N4O3/c15-8-11-13(17-5-4-16-11)21-10-3-6-18(9-10)14(19)12-2-1-7-20-12/h1-2,4-5,7,10H,3,6,9H2/t10-/m1/s1. The predicted octanol–water partition coefficient (Wildman–Crippen LogP) is 1.23. The number of likely N-dealkylation sites (tertiary alicyclic amines) is 1. The predicted molar refractivity (Wildman–Crippen MR) is 70.4 cm³/mol. The second-order valence-corrected chi connectivity index (χ2v) is 4.58. The summed E-state index contributed by atoms with van der Waals surface area (Å²) in [7, 11) is 0. The monoisotopic (exact) mass is 284 g/mol. The molecule has 2 aromatic rings. The van der Waals surface area contributed by atoms with Gasteiger partial charge in [0, 0.05) is 25.4 Å². The van der Waals surface area contributed by atoms with E-state index in [4.69, 9.17) is 14.4 Å². The summed E-state index contributed by atoms with van der Waals surface area (Å²) in [5.74, 6) is 0.357. The summed E-state index contributed by atoms with van der Waals surface area (Å²) < 4.78 is 10.8. The van der Waals surface area contributed by atoms with Gasteiger partial charge in [0.05, 0.1) is 12.8 Å². The first kappa shape index (κ1) is 13.1. The fourth-order valence-corrected chi connectivity index (χ4v) is 2.21. The highest BCUT2D eigenvalue weighted by Crippen LogP contribution is 2.20. The van der Waals surface area contributed by atoms with E-state index in [-0.39, 0.29) is 23.6 Å². The van der Waals surface area contributed by atoms with Crippen molar-refractivity contribution >= 4 is 5.91 Å². The summed E-state index contributed by atoms with van der Waals surface area (Å²) in [5, 5.41) is 8.95. The van der Waals surface area contributed by atoms with Gasteiger partial charge in [-0.2, -0.15) is 5.26 Å². The highest BCUT2D eigenvalue weighted by Gasteiger charge is 2.30. The first-order valence-electron chi connectivity index (χ1n) is 6.48. The highest BCUT2D eigenvalue weighted by atomic mass is 16.5. The number of aromatic nitrogens is 2. The van der Waals surface area contributed by atoms with Crippen molar-refractivity contribution in [2.24, 2.45) is 0 Å². The Morgan fingerprint density at radius 2 is 2.33 bits per heavy atom. The number of nitriles is 1. The van der Waals surface area contributed by atoms with Gasteiger partial charge in [0.2, 0.25) is 5.69 Å². The number of hydrogen-bond donors (Lipinski definition) is 0. The molecule has 1 fully saturated rings. The van der Waals surface area contributed by atoms with Crippen molar-refractivity contribution in [1.29, 1.82) is 5.26 Å². The quantitative estimate of drug-likeness (QED) is 0.841. The van der Waals surface area contributed by atoms with Crippen molar-refractivity contribution < 1.29 is 13.9 Å². The minimum absolute atomic E-state index is 0.147. The van der Waals surface area contributed by atoms with Crippen molar-refractivity contribution in [3.63, 3.8) is 0 Å². The number of amides is 1. The van der Waals surface area contributed by atoms with Crippen LogP contribution in [0.15, 0.2) is 35.2 Å². The minimum atomic E-state index is -0.201. The fourth-order valence-electron chi connectivity index (χ4n) is 2.21. The number of rotatable bonds is 3. The minimum Gasteiger partial charge on any atom is -0.470 e. The zero-order valence-corrected chi connectivity index (χ0v) is 11.1.